The number of aromatic nitrogens is 3. The maximum absolute atomic E-state index is 6.40. The minimum Gasteiger partial charge on any atom is -0.456 e. The molecule has 0 spiro atoms. The molecule has 0 bridgehead atoms. The van der Waals surface area contributed by atoms with E-state index in [9.17, 15) is 0 Å². The number of fused-ring (bicyclic) bond motifs is 6. The number of rotatable bonds is 4. The lowest BCUT2D eigenvalue weighted by molar-refractivity contribution is 0.669. The molecule has 0 saturated heterocycles. The van der Waals surface area contributed by atoms with E-state index >= 15 is 0 Å². The predicted octanol–water partition coefficient (Wildman–Crippen LogP) is 10.3. The van der Waals surface area contributed by atoms with E-state index in [0.29, 0.717) is 17.5 Å². The molecule has 9 rings (SSSR count). The highest BCUT2D eigenvalue weighted by molar-refractivity contribution is 6.09. The van der Waals surface area contributed by atoms with Crippen molar-refractivity contribution in [3.05, 3.63) is 140 Å². The van der Waals surface area contributed by atoms with Gasteiger partial charge in [-0.1, -0.05) is 103 Å². The average Bonchev–Trinajstić information content (AvgIpc) is 3.66. The maximum atomic E-state index is 6.40. The van der Waals surface area contributed by atoms with Gasteiger partial charge in [0, 0.05) is 32.7 Å². The molecule has 0 N–H and O–H groups in total. The lowest BCUT2D eigenvalue weighted by Crippen LogP contribution is -2.01. The molecular formula is C39H23N3O2. The van der Waals surface area contributed by atoms with E-state index in [1.165, 1.54) is 0 Å². The molecule has 0 amide bonds. The molecular weight excluding hydrogens is 542 g/mol. The highest BCUT2D eigenvalue weighted by atomic mass is 16.3. The molecule has 0 atom stereocenters. The van der Waals surface area contributed by atoms with Crippen LogP contribution in [-0.4, -0.2) is 15.0 Å². The number of hydrogen-bond acceptors (Lipinski definition) is 5. The Bertz CT molecular complexity index is 2510. The minimum atomic E-state index is 0.551. The maximum Gasteiger partial charge on any atom is 0.167 e. The lowest BCUT2D eigenvalue weighted by Gasteiger charge is -2.12. The van der Waals surface area contributed by atoms with Crippen molar-refractivity contribution >= 4 is 43.9 Å². The monoisotopic (exact) mass is 565 g/mol. The van der Waals surface area contributed by atoms with Gasteiger partial charge >= 0.3 is 0 Å². The molecule has 0 saturated carbocycles. The Morgan fingerprint density at radius 1 is 0.341 bits per heavy atom. The van der Waals surface area contributed by atoms with Gasteiger partial charge in [0.25, 0.3) is 0 Å². The van der Waals surface area contributed by atoms with E-state index in [4.69, 9.17) is 23.8 Å². The van der Waals surface area contributed by atoms with Crippen LogP contribution < -0.4 is 0 Å². The Hall–Kier alpha value is -6.07. The lowest BCUT2D eigenvalue weighted by atomic mass is 9.99. The summed E-state index contributed by atoms with van der Waals surface area (Å²) >= 11 is 0. The van der Waals surface area contributed by atoms with Crippen LogP contribution in [0.2, 0.25) is 0 Å². The summed E-state index contributed by atoms with van der Waals surface area (Å²) in [5.74, 6) is 1.72. The van der Waals surface area contributed by atoms with Crippen molar-refractivity contribution in [1.82, 2.24) is 15.0 Å². The molecule has 5 nitrogen and oxygen atoms in total. The number of benzene rings is 6. The van der Waals surface area contributed by atoms with E-state index in [2.05, 4.69) is 48.5 Å². The molecule has 44 heavy (non-hydrogen) atoms. The normalized spacial score (nSPS) is 11.6. The van der Waals surface area contributed by atoms with Gasteiger partial charge in [-0.2, -0.15) is 0 Å². The van der Waals surface area contributed by atoms with Gasteiger partial charge < -0.3 is 8.83 Å². The van der Waals surface area contributed by atoms with Gasteiger partial charge in [-0.3, -0.25) is 0 Å². The van der Waals surface area contributed by atoms with Gasteiger partial charge in [-0.25, -0.2) is 15.0 Å². The van der Waals surface area contributed by atoms with E-state index in [1.54, 1.807) is 0 Å². The summed E-state index contributed by atoms with van der Waals surface area (Å²) in [6, 6.07) is 47.0. The molecule has 5 heteroatoms. The van der Waals surface area contributed by atoms with Crippen LogP contribution >= 0.6 is 0 Å². The Balaban J connectivity index is 1.32. The number of hydrogen-bond donors (Lipinski definition) is 0. The molecule has 6 aromatic carbocycles. The van der Waals surface area contributed by atoms with E-state index in [1.807, 2.05) is 91.0 Å². The van der Waals surface area contributed by atoms with E-state index in [0.717, 1.165) is 71.7 Å². The second-order valence-electron chi connectivity index (χ2n) is 10.8. The summed E-state index contributed by atoms with van der Waals surface area (Å²) < 4.78 is 12.5. The summed E-state index contributed by atoms with van der Waals surface area (Å²) in [6.45, 7) is 0. The van der Waals surface area contributed by atoms with Crippen LogP contribution in [-0.2, 0) is 0 Å². The van der Waals surface area contributed by atoms with Gasteiger partial charge in [0.15, 0.2) is 17.5 Å². The first-order valence-electron chi connectivity index (χ1n) is 14.5. The highest BCUT2D eigenvalue weighted by Gasteiger charge is 2.19. The number of nitrogens with zero attached hydrogens (tertiary/aromatic N) is 3. The molecule has 3 heterocycles. The zero-order chi connectivity index (χ0) is 29.0. The Labute approximate surface area is 252 Å². The standard InChI is InChI=1S/C39H23N3O2/c1-2-11-24(12-3-1)26-13-4-5-16-30(26)38-40-37(25-21-22-35-32(23-25)28-15-7-8-19-33(28)43-35)41-39(42-38)31-18-10-17-29-27-14-6-9-20-34(27)44-36(29)31/h1-23H. The van der Waals surface area contributed by atoms with E-state index in [-0.39, 0.29) is 0 Å². The van der Waals surface area contributed by atoms with Crippen LogP contribution in [0.25, 0.3) is 89.2 Å². The van der Waals surface area contributed by atoms with Crippen molar-refractivity contribution in [3.8, 4) is 45.3 Å². The molecule has 9 aromatic rings. The molecule has 0 radical (unpaired) electrons. The van der Waals surface area contributed by atoms with Gasteiger partial charge in [0.05, 0.1) is 5.56 Å². The smallest absolute Gasteiger partial charge is 0.167 e. The summed E-state index contributed by atoms with van der Waals surface area (Å²) in [5, 5.41) is 4.16. The molecule has 0 aliphatic rings. The third-order valence-corrected chi connectivity index (χ3v) is 8.17. The van der Waals surface area contributed by atoms with Crippen molar-refractivity contribution in [1.29, 1.82) is 0 Å². The third-order valence-electron chi connectivity index (χ3n) is 8.17. The fourth-order valence-electron chi connectivity index (χ4n) is 6.08. The molecule has 0 fully saturated rings. The van der Waals surface area contributed by atoms with Crippen molar-refractivity contribution in [2.45, 2.75) is 0 Å². The van der Waals surface area contributed by atoms with Crippen LogP contribution in [0.5, 0.6) is 0 Å². The quantitative estimate of drug-likeness (QED) is 0.212. The zero-order valence-electron chi connectivity index (χ0n) is 23.4. The van der Waals surface area contributed by atoms with E-state index < -0.39 is 0 Å². The first kappa shape index (κ1) is 24.5. The highest BCUT2D eigenvalue weighted by Crippen LogP contribution is 2.38. The second-order valence-corrected chi connectivity index (χ2v) is 10.8. The van der Waals surface area contributed by atoms with Crippen molar-refractivity contribution in [2.75, 3.05) is 0 Å². The Morgan fingerprint density at radius 2 is 0.909 bits per heavy atom. The van der Waals surface area contributed by atoms with Gasteiger partial charge in [0.2, 0.25) is 0 Å². The number of furan rings is 2. The molecule has 3 aromatic heterocycles. The van der Waals surface area contributed by atoms with Crippen molar-refractivity contribution in [3.63, 3.8) is 0 Å². The van der Waals surface area contributed by atoms with Gasteiger partial charge in [0.1, 0.15) is 22.3 Å². The zero-order valence-corrected chi connectivity index (χ0v) is 23.4. The fraction of sp³-hybridized carbons (Fsp3) is 0. The third kappa shape index (κ3) is 3.91. The van der Waals surface area contributed by atoms with Crippen LogP contribution in [0, 0.1) is 0 Å². The largest absolute Gasteiger partial charge is 0.456 e. The minimum absolute atomic E-state index is 0.551. The van der Waals surface area contributed by atoms with Crippen molar-refractivity contribution in [2.24, 2.45) is 0 Å². The number of para-hydroxylation sites is 3. The summed E-state index contributed by atoms with van der Waals surface area (Å²) in [6.07, 6.45) is 0. The van der Waals surface area contributed by atoms with Gasteiger partial charge in [-0.15, -0.1) is 0 Å². The average molecular weight is 566 g/mol. The Kier molecular flexibility index (Phi) is 5.43. The predicted molar refractivity (Wildman–Crippen MR) is 176 cm³/mol. The SMILES string of the molecule is c1ccc(-c2ccccc2-c2nc(-c3ccc4oc5ccccc5c4c3)nc(-c3cccc4c3oc3ccccc34)n2)cc1. The molecule has 0 unspecified atom stereocenters. The van der Waals surface area contributed by atoms with Crippen LogP contribution in [0.1, 0.15) is 0 Å². The van der Waals surface area contributed by atoms with Crippen LogP contribution in [0.3, 0.4) is 0 Å². The summed E-state index contributed by atoms with van der Waals surface area (Å²) in [5.41, 5.74) is 8.03. The van der Waals surface area contributed by atoms with Gasteiger partial charge in [-0.05, 0) is 47.5 Å². The fourth-order valence-corrected chi connectivity index (χ4v) is 6.08. The van der Waals surface area contributed by atoms with Crippen LogP contribution in [0.4, 0.5) is 0 Å². The van der Waals surface area contributed by atoms with Crippen LogP contribution in [0.15, 0.2) is 148 Å². The molecule has 0 aliphatic heterocycles. The topological polar surface area (TPSA) is 65.0 Å². The second kappa shape index (κ2) is 9.75. The molecule has 0 aliphatic carbocycles. The Morgan fingerprint density at radius 3 is 1.73 bits per heavy atom. The molecule has 206 valence electrons. The summed E-state index contributed by atoms with van der Waals surface area (Å²) in [4.78, 5) is 15.3. The van der Waals surface area contributed by atoms with Crippen molar-refractivity contribution < 1.29 is 8.83 Å². The summed E-state index contributed by atoms with van der Waals surface area (Å²) in [7, 11) is 0. The first-order valence-corrected chi connectivity index (χ1v) is 14.5. The first-order chi connectivity index (χ1) is 21.8.